The van der Waals surface area contributed by atoms with Gasteiger partial charge in [-0.2, -0.15) is 0 Å². The number of ether oxygens (including phenoxy) is 11. The van der Waals surface area contributed by atoms with Crippen molar-refractivity contribution in [1.29, 1.82) is 0 Å². The zero-order valence-corrected chi connectivity index (χ0v) is 46.9. The molecule has 0 aromatic heterocycles. The predicted octanol–water partition coefficient (Wildman–Crippen LogP) is -15.3. The molecule has 40 heteroatoms. The highest BCUT2D eigenvalue weighted by Crippen LogP contribution is 2.41. The topological polar surface area (TPSA) is 648 Å². The van der Waals surface area contributed by atoms with E-state index in [0.29, 0.717) is 0 Å². The molecule has 0 aromatic rings. The van der Waals surface area contributed by atoms with Crippen LogP contribution in [0.1, 0.15) is 33.6 Å². The van der Waals surface area contributed by atoms with Crippen LogP contribution in [0.5, 0.6) is 0 Å². The van der Waals surface area contributed by atoms with Crippen molar-refractivity contribution in [2.75, 3.05) is 39.6 Å². The molecule has 32 atom stereocenters. The van der Waals surface area contributed by atoms with Gasteiger partial charge in [-0.25, -0.2) is 9.59 Å². The van der Waals surface area contributed by atoms with Crippen molar-refractivity contribution in [1.82, 2.24) is 16.0 Å². The molecule has 88 heavy (non-hydrogen) atoms. The van der Waals surface area contributed by atoms with E-state index in [2.05, 4.69) is 16.0 Å². The Kier molecular flexibility index (Phi) is 25.6. The normalized spacial score (nSPS) is 44.6. The van der Waals surface area contributed by atoms with Crippen LogP contribution in [-0.4, -0.2) is 372 Å². The molecular formula is C48H79N3O37. The van der Waals surface area contributed by atoms with Crippen molar-refractivity contribution in [3.05, 3.63) is 0 Å². The van der Waals surface area contributed by atoms with Gasteiger partial charge in [0.2, 0.25) is 17.7 Å². The molecule has 40 nitrogen and oxygen atoms in total. The van der Waals surface area contributed by atoms with E-state index in [4.69, 9.17) is 52.1 Å². The van der Waals surface area contributed by atoms with Crippen LogP contribution in [0, 0.1) is 0 Å². The highest BCUT2D eigenvalue weighted by atomic mass is 16.8. The summed E-state index contributed by atoms with van der Waals surface area (Å²) in [5, 5.41) is 234. The van der Waals surface area contributed by atoms with Gasteiger partial charge in [0.15, 0.2) is 25.2 Å². The van der Waals surface area contributed by atoms with Gasteiger partial charge in [-0.3, -0.25) is 14.4 Å². The van der Waals surface area contributed by atoms with E-state index in [-0.39, 0.29) is 0 Å². The van der Waals surface area contributed by atoms with E-state index in [0.717, 1.165) is 20.8 Å². The van der Waals surface area contributed by atoms with Crippen molar-refractivity contribution >= 4 is 29.7 Å². The number of amides is 3. The lowest BCUT2D eigenvalue weighted by Gasteiger charge is -2.52. The summed E-state index contributed by atoms with van der Waals surface area (Å²) in [5.74, 6) is -13.7. The van der Waals surface area contributed by atoms with Crippen molar-refractivity contribution in [2.24, 2.45) is 0 Å². The SMILES string of the molecule is CC(=O)N[C@@H]1[C@H](O[C@@H]2[C@H](O)[C@H](O[C@@H]3[C@@H](O)[C@H](O)[C@@H](O)O[C@@H]3CO)O[C@H](CO)[C@@H]2O)O[C@@H](CO[C@]2(C(=O)O)C[C@H](O)[C@@H](NC(C)=O)[C@@H]([C@@H](O)[C@@H](O)CO)O2)[C@@H](O)[C@@H]1O[C@H]1O[C@@H](CO)[C@@H](O)[C@H](O[C@]2(C(=O)O)C[C@H](O)[C@@H](NC(C)=O)C(C(O)[C@@H](O)CO)O2)[C@H]1O. The highest BCUT2D eigenvalue weighted by molar-refractivity contribution is 5.77. The monoisotopic (exact) mass is 1290 g/mol. The number of aliphatic hydroxyl groups excluding tert-OH is 19. The van der Waals surface area contributed by atoms with E-state index in [9.17, 15) is 131 Å². The van der Waals surface area contributed by atoms with E-state index in [1.165, 1.54) is 0 Å². The van der Waals surface area contributed by atoms with Gasteiger partial charge >= 0.3 is 11.9 Å². The number of hydrogen-bond acceptors (Lipinski definition) is 35. The molecule has 6 aliphatic rings. The number of rotatable bonds is 25. The summed E-state index contributed by atoms with van der Waals surface area (Å²) in [6.45, 7) is -4.43. The minimum atomic E-state index is -3.34. The quantitative estimate of drug-likeness (QED) is 0.0404. The smallest absolute Gasteiger partial charge is 0.364 e. The highest BCUT2D eigenvalue weighted by Gasteiger charge is 2.63. The number of nitrogens with one attached hydrogen (secondary N) is 3. The first kappa shape index (κ1) is 73.2. The van der Waals surface area contributed by atoms with Gasteiger partial charge in [-0.1, -0.05) is 0 Å². The molecule has 6 heterocycles. The lowest BCUT2D eigenvalue weighted by molar-refractivity contribution is -0.391. The van der Waals surface area contributed by atoms with Crippen LogP contribution in [0.25, 0.3) is 0 Å². The third kappa shape index (κ3) is 15.8. The van der Waals surface area contributed by atoms with Gasteiger partial charge in [0.1, 0.15) is 134 Å². The minimum absolute atomic E-state index is 0.854. The molecule has 2 unspecified atom stereocenters. The molecule has 0 saturated carbocycles. The summed E-state index contributed by atoms with van der Waals surface area (Å²) in [5.41, 5.74) is 0. The zero-order chi connectivity index (χ0) is 65.8. The summed E-state index contributed by atoms with van der Waals surface area (Å²) in [6.07, 6.45) is -62.1. The molecule has 24 N–H and O–H groups in total. The summed E-state index contributed by atoms with van der Waals surface area (Å²) >= 11 is 0. The second-order valence-electron chi connectivity index (χ2n) is 21.9. The Balaban J connectivity index is 1.43. The molecule has 6 saturated heterocycles. The van der Waals surface area contributed by atoms with Crippen LogP contribution in [0.2, 0.25) is 0 Å². The fourth-order valence-electron chi connectivity index (χ4n) is 11.0. The first-order chi connectivity index (χ1) is 41.2. The molecule has 6 fully saturated rings. The second kappa shape index (κ2) is 30.7. The average Bonchev–Trinajstić information content (AvgIpc) is 1.32. The number of carboxylic acids is 2. The molecule has 0 aromatic carbocycles. The maximum atomic E-state index is 13.3. The van der Waals surface area contributed by atoms with Crippen LogP contribution in [0.4, 0.5) is 0 Å². The molecule has 508 valence electrons. The Morgan fingerprint density at radius 1 is 0.466 bits per heavy atom. The molecular weight excluding hydrogens is 1210 g/mol. The van der Waals surface area contributed by atoms with Gasteiger partial charge in [-0.05, 0) is 0 Å². The largest absolute Gasteiger partial charge is 0.477 e. The van der Waals surface area contributed by atoms with E-state index in [1.807, 2.05) is 0 Å². The third-order valence-electron chi connectivity index (χ3n) is 15.6. The van der Waals surface area contributed by atoms with Crippen LogP contribution in [0.15, 0.2) is 0 Å². The fourth-order valence-corrected chi connectivity index (χ4v) is 11.0. The first-order valence-electron chi connectivity index (χ1n) is 27.4. The van der Waals surface area contributed by atoms with Crippen LogP contribution < -0.4 is 16.0 Å². The van der Waals surface area contributed by atoms with Crippen molar-refractivity contribution < 1.29 is 183 Å². The summed E-state index contributed by atoms with van der Waals surface area (Å²) in [7, 11) is 0. The predicted molar refractivity (Wildman–Crippen MR) is 268 cm³/mol. The number of aliphatic hydroxyl groups is 19. The van der Waals surface area contributed by atoms with Gasteiger partial charge < -0.3 is 175 Å². The van der Waals surface area contributed by atoms with E-state index < -0.39 is 277 Å². The molecule has 3 amide bonds. The molecule has 6 rings (SSSR count). The Hall–Kier alpha value is -3.85. The third-order valence-corrected chi connectivity index (χ3v) is 15.6. The number of aliphatic carboxylic acids is 2. The Bertz CT molecular complexity index is 2320. The summed E-state index contributed by atoms with van der Waals surface area (Å²) in [4.78, 5) is 64.1. The lowest BCUT2D eigenvalue weighted by atomic mass is 9.88. The van der Waals surface area contributed by atoms with Crippen LogP contribution >= 0.6 is 0 Å². The minimum Gasteiger partial charge on any atom is -0.477 e. The molecule has 0 bridgehead atoms. The fraction of sp³-hybridized carbons (Fsp3) is 0.896. The molecule has 6 aliphatic heterocycles. The average molecular weight is 1290 g/mol. The molecule has 0 spiro atoms. The number of carboxylic acid groups (broad SMARTS) is 2. The Morgan fingerprint density at radius 3 is 1.32 bits per heavy atom. The zero-order valence-electron chi connectivity index (χ0n) is 46.9. The van der Waals surface area contributed by atoms with Gasteiger partial charge in [0.05, 0.1) is 63.9 Å². The maximum Gasteiger partial charge on any atom is 0.364 e. The van der Waals surface area contributed by atoms with Crippen molar-refractivity contribution in [2.45, 2.75) is 229 Å². The van der Waals surface area contributed by atoms with Crippen LogP contribution in [-0.2, 0) is 76.1 Å². The Labute approximate surface area is 496 Å². The lowest BCUT2D eigenvalue weighted by Crippen LogP contribution is -2.72. The van der Waals surface area contributed by atoms with Crippen LogP contribution in [0.3, 0.4) is 0 Å². The van der Waals surface area contributed by atoms with Crippen molar-refractivity contribution in [3.63, 3.8) is 0 Å². The number of carbonyl (C=O) groups is 5. The summed E-state index contributed by atoms with van der Waals surface area (Å²) < 4.78 is 63.1. The summed E-state index contributed by atoms with van der Waals surface area (Å²) in [6, 6.07) is -5.63. The second-order valence-corrected chi connectivity index (χ2v) is 21.9. The van der Waals surface area contributed by atoms with Gasteiger partial charge in [0, 0.05) is 33.6 Å². The molecule has 0 aliphatic carbocycles. The molecule has 0 radical (unpaired) electrons. The van der Waals surface area contributed by atoms with Gasteiger partial charge in [-0.15, -0.1) is 0 Å². The number of carbonyl (C=O) groups excluding carboxylic acids is 3. The standard InChI is InChI=1S/C48H79N3O37/c1-12(57)49-23-15(60)4-47(45(74)75,86-37(23)26(64)17(62)6-52)78-11-22-30(68)36(25(51-14(3)59)42(82-22)85-39-28(66)19(8-54)80-43(33(39)71)83-35-21(10-56)79-41(73)32(70)31(35)69)84-44-34(72)40(29(67)20(9-55)81-44)88-48(46(76)77)5-16(61)24(50-13(2)58)38(87-48)27(65)18(63)7-53/h15-44,52-56,60-73H,4-11H2,1-3H3,(H,49,57)(H,50,58)(H,51,59)(H,74,75)(H,76,77)/t15-,16-,17-,18-,19+,20-,21+,22-,23+,24+,25-,26-,27?,28-,29+,30+,31-,32-,33-,34+,35-,36+,37-,38?,39-,40-,41-,42-,43-,44+,47+,48-/m0/s1. The maximum absolute atomic E-state index is 13.3. The van der Waals surface area contributed by atoms with E-state index >= 15 is 0 Å². The van der Waals surface area contributed by atoms with E-state index in [1.54, 1.807) is 0 Å². The Morgan fingerprint density at radius 2 is 0.864 bits per heavy atom. The van der Waals surface area contributed by atoms with Gasteiger partial charge in [0.25, 0.3) is 11.6 Å². The number of hydrogen-bond donors (Lipinski definition) is 24. The first-order valence-corrected chi connectivity index (χ1v) is 27.4. The van der Waals surface area contributed by atoms with Crippen molar-refractivity contribution in [3.8, 4) is 0 Å².